The molecule has 4 saturated heterocycles. The number of morpholine rings is 2. The van der Waals surface area contributed by atoms with Crippen LogP contribution in [0.3, 0.4) is 0 Å². The molecule has 0 aliphatic carbocycles. The molecule has 12 rings (SSSR count). The number of alkyl halides is 4. The molecule has 1 unspecified atom stereocenters. The van der Waals surface area contributed by atoms with Crippen LogP contribution < -0.4 is 15.1 Å². The number of ether oxygens (including phenoxy) is 2. The zero-order valence-electron chi connectivity index (χ0n) is 41.1. The molecule has 0 bridgehead atoms. The van der Waals surface area contributed by atoms with Gasteiger partial charge in [-0.1, -0.05) is 24.3 Å². The lowest BCUT2D eigenvalue weighted by atomic mass is 10.1. The fraction of sp³-hybridized carbons (Fsp3) is 0.468. The summed E-state index contributed by atoms with van der Waals surface area (Å²) in [6, 6.07) is 14.4. The number of nitrogens with one attached hydrogen (secondary N) is 1. The first kappa shape index (κ1) is 52.3. The lowest BCUT2D eigenvalue weighted by molar-refractivity contribution is 0.122. The van der Waals surface area contributed by atoms with Crippen LogP contribution in [0, 0.1) is 0 Å². The number of piperidine rings is 2. The Morgan fingerprint density at radius 3 is 1.41 bits per heavy atom. The highest BCUT2D eigenvalue weighted by molar-refractivity contribution is 8.13. The minimum absolute atomic E-state index is 0.0670. The fourth-order valence-corrected chi connectivity index (χ4v) is 10.8. The van der Waals surface area contributed by atoms with E-state index in [2.05, 4.69) is 46.4 Å². The summed E-state index contributed by atoms with van der Waals surface area (Å²) in [4.78, 5) is 41.0. The van der Waals surface area contributed by atoms with E-state index in [4.69, 9.17) is 29.4 Å². The van der Waals surface area contributed by atoms with Gasteiger partial charge in [0, 0.05) is 78.0 Å². The summed E-state index contributed by atoms with van der Waals surface area (Å²) in [5.74, 6) is 4.63. The molecule has 4 aliphatic rings. The maximum Gasteiger partial charge on any atom is 0.296 e. The van der Waals surface area contributed by atoms with Crippen molar-refractivity contribution in [1.82, 2.24) is 67.8 Å². The summed E-state index contributed by atoms with van der Waals surface area (Å²) in [5, 5.41) is 3.38. The van der Waals surface area contributed by atoms with Crippen LogP contribution in [0.5, 0.6) is 0 Å². The monoisotopic (exact) mass is 1100 g/mol. The third-order valence-electron chi connectivity index (χ3n) is 13.4. The van der Waals surface area contributed by atoms with Gasteiger partial charge >= 0.3 is 0 Å². The number of benzene rings is 2. The molecule has 0 amide bonds. The second kappa shape index (κ2) is 21.9. The number of para-hydroxylation sites is 4. The van der Waals surface area contributed by atoms with Crippen LogP contribution in [0.2, 0.25) is 0 Å². The van der Waals surface area contributed by atoms with E-state index in [-0.39, 0.29) is 29.6 Å². The van der Waals surface area contributed by atoms with Crippen molar-refractivity contribution in [3.05, 3.63) is 72.8 Å². The highest BCUT2D eigenvalue weighted by Crippen LogP contribution is 2.36. The molecule has 21 nitrogen and oxygen atoms in total. The highest BCUT2D eigenvalue weighted by atomic mass is 35.7. The Labute approximate surface area is 433 Å². The molecule has 4 aliphatic heterocycles. The SMILES string of the molecule is C=S(C)(=O)N1CCC(n2cnc3c(-n4c(C(F)F)nc5ccccc54)nc(N4CCOCC4)nc32)CC1.CS(=O)(=O)Cl.FC(F)c1nc2ccccc2n1-c1nc(N2CCOCC2)nc2c1ncn2C1CCNCC1. The third-order valence-corrected chi connectivity index (χ3v) is 14.9. The molecule has 8 aromatic rings. The van der Waals surface area contributed by atoms with Gasteiger partial charge in [-0.2, -0.15) is 19.9 Å². The van der Waals surface area contributed by atoms with Crippen LogP contribution in [-0.4, -0.2) is 172 Å². The molecule has 2 aromatic carbocycles. The summed E-state index contributed by atoms with van der Waals surface area (Å²) >= 11 is 0. The standard InChI is InChI=1S/C24H28F2N8O2S.C22H24F2N8O.CH3ClO2S/c1-37(2,35)32-9-7-16(8-10-32)33-15-27-19-21(33)29-24(31-11-13-36-14-12-31)30-22(19)34-18-6-4-3-5-17(18)28-23(34)20(25)26;23-18(24)21-27-15-3-1-2-4-16(15)32(21)20-17-19(28-22(29-20)30-9-11-33-12-10-30)31(13-26-17)14-5-7-25-8-6-14;1-5(2,3)4/h3-6,15-16,20H,1,7-14H2,2H3;1-4,13-14,18,25H,5-12H2;1H3. The van der Waals surface area contributed by atoms with Gasteiger partial charge in [0.2, 0.25) is 20.9 Å². The molecule has 75 heavy (non-hydrogen) atoms. The van der Waals surface area contributed by atoms with Gasteiger partial charge in [0.1, 0.15) is 0 Å². The minimum Gasteiger partial charge on any atom is -0.378 e. The van der Waals surface area contributed by atoms with E-state index in [1.807, 2.05) is 24.7 Å². The van der Waals surface area contributed by atoms with E-state index >= 15 is 0 Å². The quantitative estimate of drug-likeness (QED) is 0.101. The van der Waals surface area contributed by atoms with Gasteiger partial charge in [-0.3, -0.25) is 13.3 Å². The van der Waals surface area contributed by atoms with Crippen molar-refractivity contribution in [3.63, 3.8) is 0 Å². The van der Waals surface area contributed by atoms with Crippen LogP contribution in [-0.2, 0) is 28.2 Å². The zero-order chi connectivity index (χ0) is 52.6. The van der Waals surface area contributed by atoms with E-state index in [1.165, 1.54) is 9.13 Å². The second-order valence-electron chi connectivity index (χ2n) is 18.5. The molecular weight excluding hydrogens is 1040 g/mol. The Hall–Kier alpha value is -6.10. The summed E-state index contributed by atoms with van der Waals surface area (Å²) in [7, 11) is -0.961. The van der Waals surface area contributed by atoms with Crippen LogP contribution >= 0.6 is 10.7 Å². The maximum absolute atomic E-state index is 14.2. The molecule has 10 heterocycles. The van der Waals surface area contributed by atoms with E-state index in [0.717, 1.165) is 45.0 Å². The number of fused-ring (bicyclic) bond motifs is 4. The Balaban J connectivity index is 0.000000158. The normalized spacial score (nSPS) is 18.5. The second-order valence-corrected chi connectivity index (χ2v) is 24.0. The number of imidazole rings is 4. The van der Waals surface area contributed by atoms with E-state index in [1.54, 1.807) is 61.4 Å². The molecule has 28 heteroatoms. The van der Waals surface area contributed by atoms with Crippen molar-refractivity contribution < 1.29 is 39.7 Å². The number of rotatable bonds is 9. The molecule has 6 aromatic heterocycles. The molecule has 0 saturated carbocycles. The number of nitrogens with zero attached hydrogens (tertiary/aromatic N) is 15. The van der Waals surface area contributed by atoms with Crippen LogP contribution in [0.25, 0.3) is 56.0 Å². The first-order valence-corrected chi connectivity index (χ1v) is 29.2. The predicted octanol–water partition coefficient (Wildman–Crippen LogP) is 5.89. The Kier molecular flexibility index (Phi) is 15.3. The summed E-state index contributed by atoms with van der Waals surface area (Å²) in [5.41, 5.74) is 4.21. The van der Waals surface area contributed by atoms with Crippen molar-refractivity contribution >= 4 is 91.6 Å². The lowest BCUT2D eigenvalue weighted by Gasteiger charge is -2.33. The molecule has 0 radical (unpaired) electrons. The Morgan fingerprint density at radius 2 is 1.01 bits per heavy atom. The first-order valence-electron chi connectivity index (χ1n) is 24.4. The van der Waals surface area contributed by atoms with E-state index < -0.39 is 31.6 Å². The Bertz CT molecular complexity index is 3540. The van der Waals surface area contributed by atoms with Gasteiger partial charge in [-0.15, -0.1) is 0 Å². The molecular formula is C47H55ClF4N16O5S2. The number of halogens is 5. The number of hydrogen-bond acceptors (Lipinski definition) is 16. The lowest BCUT2D eigenvalue weighted by Crippen LogP contribution is -2.38. The van der Waals surface area contributed by atoms with Gasteiger partial charge in [-0.05, 0) is 68.9 Å². The first-order chi connectivity index (χ1) is 36.0. The van der Waals surface area contributed by atoms with E-state index in [9.17, 15) is 30.2 Å². The van der Waals surface area contributed by atoms with Gasteiger partial charge in [0.25, 0.3) is 12.9 Å². The number of hydrogen-bond donors (Lipinski definition) is 1. The predicted molar refractivity (Wildman–Crippen MR) is 279 cm³/mol. The van der Waals surface area contributed by atoms with Crippen LogP contribution in [0.1, 0.15) is 62.3 Å². The summed E-state index contributed by atoms with van der Waals surface area (Å²) in [6.07, 6.45) is 3.88. The summed E-state index contributed by atoms with van der Waals surface area (Å²) < 4.78 is 108. The molecule has 1 atom stereocenters. The molecule has 4 fully saturated rings. The van der Waals surface area contributed by atoms with Crippen molar-refractivity contribution in [2.24, 2.45) is 0 Å². The fourth-order valence-electron chi connectivity index (χ4n) is 9.86. The topological polar surface area (TPSA) is 214 Å². The average molecular weight is 1100 g/mol. The molecule has 400 valence electrons. The number of anilines is 2. The van der Waals surface area contributed by atoms with Gasteiger partial charge in [0.05, 0.1) is 67.4 Å². The highest BCUT2D eigenvalue weighted by Gasteiger charge is 2.31. The van der Waals surface area contributed by atoms with Crippen molar-refractivity contribution in [2.75, 3.05) is 101 Å². The van der Waals surface area contributed by atoms with Crippen molar-refractivity contribution in [2.45, 2.75) is 50.6 Å². The number of aromatic nitrogens is 12. The zero-order valence-corrected chi connectivity index (χ0v) is 43.4. The Morgan fingerprint density at radius 1 is 0.613 bits per heavy atom. The van der Waals surface area contributed by atoms with Crippen LogP contribution in [0.4, 0.5) is 29.5 Å². The average Bonchev–Trinajstić information content (AvgIpc) is 4.22. The minimum atomic E-state index is -3.19. The van der Waals surface area contributed by atoms with Crippen LogP contribution in [0.15, 0.2) is 61.2 Å². The summed E-state index contributed by atoms with van der Waals surface area (Å²) in [6.45, 7) is 7.78. The van der Waals surface area contributed by atoms with Gasteiger partial charge in [-0.25, -0.2) is 50.2 Å². The van der Waals surface area contributed by atoms with Crippen molar-refractivity contribution in [1.29, 1.82) is 0 Å². The van der Waals surface area contributed by atoms with Gasteiger partial charge < -0.3 is 33.7 Å². The largest absolute Gasteiger partial charge is 0.378 e. The third kappa shape index (κ3) is 11.2. The van der Waals surface area contributed by atoms with Gasteiger partial charge in [0.15, 0.2) is 45.6 Å². The van der Waals surface area contributed by atoms with E-state index in [0.29, 0.717) is 128 Å². The molecule has 0 spiro atoms. The maximum atomic E-state index is 14.2. The smallest absolute Gasteiger partial charge is 0.296 e. The van der Waals surface area contributed by atoms with Crippen molar-refractivity contribution in [3.8, 4) is 11.6 Å². The molecule has 1 N–H and O–H groups in total.